The molecule has 0 spiro atoms. The van der Waals surface area contributed by atoms with Crippen LogP contribution in [0.3, 0.4) is 0 Å². The molecule has 0 amide bonds. The highest BCUT2D eigenvalue weighted by Crippen LogP contribution is 2.21. The van der Waals surface area contributed by atoms with E-state index in [9.17, 15) is 8.42 Å². The molecule has 0 saturated heterocycles. The summed E-state index contributed by atoms with van der Waals surface area (Å²) in [6.45, 7) is 7.45. The number of hydrogen-bond acceptors (Lipinski definition) is 3. The molecule has 2 aromatic rings. The van der Waals surface area contributed by atoms with Crippen molar-refractivity contribution in [2.75, 3.05) is 0 Å². The predicted octanol–water partition coefficient (Wildman–Crippen LogP) is 2.38. The molecule has 1 unspecified atom stereocenters. The molecule has 6 heteroatoms. The lowest BCUT2D eigenvalue weighted by molar-refractivity contribution is 0.566. The normalized spacial score (nSPS) is 13.4. The lowest BCUT2D eigenvalue weighted by Crippen LogP contribution is -2.27. The SMILES string of the molecule is Cc1ccc(S(=O)(=O)NC(C)c2cn(C)nc2C)c(C)c1. The van der Waals surface area contributed by atoms with Crippen LogP contribution in [0.1, 0.15) is 35.3 Å². The number of nitrogens with zero attached hydrogens (tertiary/aromatic N) is 2. The van der Waals surface area contributed by atoms with Gasteiger partial charge < -0.3 is 0 Å². The molecule has 21 heavy (non-hydrogen) atoms. The second-order valence-corrected chi connectivity index (χ2v) is 7.14. The molecule has 0 radical (unpaired) electrons. The maximum atomic E-state index is 12.5. The average Bonchev–Trinajstić information content (AvgIpc) is 2.67. The largest absolute Gasteiger partial charge is 0.275 e. The molecule has 0 fully saturated rings. The quantitative estimate of drug-likeness (QED) is 0.943. The fourth-order valence-corrected chi connectivity index (χ4v) is 3.95. The van der Waals surface area contributed by atoms with Gasteiger partial charge in [-0.15, -0.1) is 0 Å². The zero-order valence-corrected chi connectivity index (χ0v) is 13.8. The molecule has 1 aromatic carbocycles. The number of aromatic nitrogens is 2. The van der Waals surface area contributed by atoms with Crippen molar-refractivity contribution in [2.45, 2.75) is 38.6 Å². The Kier molecular flexibility index (Phi) is 4.20. The van der Waals surface area contributed by atoms with E-state index in [1.807, 2.05) is 53.1 Å². The van der Waals surface area contributed by atoms with Crippen molar-refractivity contribution < 1.29 is 8.42 Å². The number of rotatable bonds is 4. The number of hydrogen-bond donors (Lipinski definition) is 1. The van der Waals surface area contributed by atoms with Gasteiger partial charge in [-0.3, -0.25) is 4.68 Å². The predicted molar refractivity (Wildman–Crippen MR) is 82.6 cm³/mol. The van der Waals surface area contributed by atoms with Gasteiger partial charge in [-0.25, -0.2) is 13.1 Å². The molecule has 0 aliphatic heterocycles. The summed E-state index contributed by atoms with van der Waals surface area (Å²) in [4.78, 5) is 0.321. The Morgan fingerprint density at radius 2 is 1.90 bits per heavy atom. The molecule has 0 saturated carbocycles. The molecule has 1 atom stereocenters. The Balaban J connectivity index is 2.31. The van der Waals surface area contributed by atoms with Crippen molar-refractivity contribution in [3.8, 4) is 0 Å². The molecule has 1 heterocycles. The monoisotopic (exact) mass is 307 g/mol. The van der Waals surface area contributed by atoms with E-state index in [-0.39, 0.29) is 6.04 Å². The third kappa shape index (κ3) is 3.33. The van der Waals surface area contributed by atoms with Gasteiger partial charge in [0.15, 0.2) is 0 Å². The lowest BCUT2D eigenvalue weighted by Gasteiger charge is -2.15. The zero-order chi connectivity index (χ0) is 15.8. The molecule has 0 aliphatic carbocycles. The molecule has 5 nitrogen and oxygen atoms in total. The van der Waals surface area contributed by atoms with Gasteiger partial charge in [0.25, 0.3) is 0 Å². The van der Waals surface area contributed by atoms with Crippen molar-refractivity contribution in [2.24, 2.45) is 7.05 Å². The third-order valence-corrected chi connectivity index (χ3v) is 5.17. The summed E-state index contributed by atoms with van der Waals surface area (Å²) in [7, 11) is -1.73. The second-order valence-electron chi connectivity index (χ2n) is 5.46. The first-order valence-electron chi connectivity index (χ1n) is 6.80. The van der Waals surface area contributed by atoms with Gasteiger partial charge in [-0.05, 0) is 39.3 Å². The Hall–Kier alpha value is -1.66. The number of sulfonamides is 1. The highest BCUT2D eigenvalue weighted by Gasteiger charge is 2.22. The average molecular weight is 307 g/mol. The van der Waals surface area contributed by atoms with Gasteiger partial charge in [0.2, 0.25) is 10.0 Å². The Labute approximate surface area is 126 Å². The van der Waals surface area contributed by atoms with Gasteiger partial charge in [0.05, 0.1) is 10.6 Å². The van der Waals surface area contributed by atoms with E-state index in [2.05, 4.69) is 9.82 Å². The van der Waals surface area contributed by atoms with Crippen LogP contribution in [0.15, 0.2) is 29.3 Å². The Bertz CT molecular complexity index is 763. The first-order chi connectivity index (χ1) is 9.70. The molecule has 114 valence electrons. The number of nitrogens with one attached hydrogen (secondary N) is 1. The highest BCUT2D eigenvalue weighted by molar-refractivity contribution is 7.89. The molecule has 0 bridgehead atoms. The summed E-state index contributed by atoms with van der Waals surface area (Å²) in [5.74, 6) is 0. The first kappa shape index (κ1) is 15.7. The van der Waals surface area contributed by atoms with Gasteiger partial charge in [-0.1, -0.05) is 17.7 Å². The molecule has 1 N–H and O–H groups in total. The van der Waals surface area contributed by atoms with Crippen LogP contribution in [-0.2, 0) is 17.1 Å². The summed E-state index contributed by atoms with van der Waals surface area (Å²) in [5, 5.41) is 4.25. The minimum absolute atomic E-state index is 0.321. The summed E-state index contributed by atoms with van der Waals surface area (Å²) in [5.41, 5.74) is 3.50. The molecular weight excluding hydrogens is 286 g/mol. The zero-order valence-electron chi connectivity index (χ0n) is 13.0. The summed E-state index contributed by atoms with van der Waals surface area (Å²) < 4.78 is 29.5. The van der Waals surface area contributed by atoms with Gasteiger partial charge >= 0.3 is 0 Å². The standard InChI is InChI=1S/C15H21N3O2S/c1-10-6-7-15(11(2)8-10)21(19,20)17-13(4)14-9-18(5)16-12(14)3/h6-9,13,17H,1-5H3. The van der Waals surface area contributed by atoms with E-state index >= 15 is 0 Å². The van der Waals surface area contributed by atoms with Crippen molar-refractivity contribution in [1.29, 1.82) is 0 Å². The van der Waals surface area contributed by atoms with E-state index < -0.39 is 10.0 Å². The summed E-state index contributed by atoms with van der Waals surface area (Å²) >= 11 is 0. The van der Waals surface area contributed by atoms with E-state index in [1.165, 1.54) is 0 Å². The summed E-state index contributed by atoms with van der Waals surface area (Å²) in [6, 6.07) is 5.00. The van der Waals surface area contributed by atoms with Gasteiger partial charge in [-0.2, -0.15) is 5.10 Å². The van der Waals surface area contributed by atoms with Crippen LogP contribution in [0, 0.1) is 20.8 Å². The van der Waals surface area contributed by atoms with Crippen LogP contribution in [0.25, 0.3) is 0 Å². The van der Waals surface area contributed by atoms with Gasteiger partial charge in [0, 0.05) is 24.8 Å². The highest BCUT2D eigenvalue weighted by atomic mass is 32.2. The van der Waals surface area contributed by atoms with Crippen LogP contribution in [-0.4, -0.2) is 18.2 Å². The molecular formula is C15H21N3O2S. The fourth-order valence-electron chi connectivity index (χ4n) is 2.50. The number of aryl methyl sites for hydroxylation is 4. The molecule has 2 rings (SSSR count). The minimum atomic E-state index is -3.55. The number of benzene rings is 1. The van der Waals surface area contributed by atoms with Crippen molar-refractivity contribution in [3.63, 3.8) is 0 Å². The second kappa shape index (κ2) is 5.61. The maximum absolute atomic E-state index is 12.5. The maximum Gasteiger partial charge on any atom is 0.241 e. The Morgan fingerprint density at radius 3 is 2.43 bits per heavy atom. The van der Waals surface area contributed by atoms with Crippen LogP contribution in [0.5, 0.6) is 0 Å². The Morgan fingerprint density at radius 1 is 1.24 bits per heavy atom. The fraction of sp³-hybridized carbons (Fsp3) is 0.400. The summed E-state index contributed by atoms with van der Waals surface area (Å²) in [6.07, 6.45) is 1.84. The first-order valence-corrected chi connectivity index (χ1v) is 8.29. The van der Waals surface area contributed by atoms with E-state index in [1.54, 1.807) is 10.7 Å². The van der Waals surface area contributed by atoms with Crippen LogP contribution < -0.4 is 4.72 Å². The molecule has 1 aromatic heterocycles. The van der Waals surface area contributed by atoms with Crippen molar-refractivity contribution in [1.82, 2.24) is 14.5 Å². The van der Waals surface area contributed by atoms with Crippen molar-refractivity contribution >= 4 is 10.0 Å². The van der Waals surface area contributed by atoms with Gasteiger partial charge in [0.1, 0.15) is 0 Å². The van der Waals surface area contributed by atoms with Crippen molar-refractivity contribution in [3.05, 3.63) is 46.8 Å². The topological polar surface area (TPSA) is 64.0 Å². The van der Waals surface area contributed by atoms with E-state index in [4.69, 9.17) is 0 Å². The van der Waals surface area contributed by atoms with Crippen LogP contribution in [0.4, 0.5) is 0 Å². The lowest BCUT2D eigenvalue weighted by atomic mass is 10.1. The van der Waals surface area contributed by atoms with E-state index in [0.29, 0.717) is 4.90 Å². The smallest absolute Gasteiger partial charge is 0.241 e. The molecule has 0 aliphatic rings. The minimum Gasteiger partial charge on any atom is -0.275 e. The third-order valence-electron chi connectivity index (χ3n) is 3.47. The van der Waals surface area contributed by atoms with Crippen LogP contribution in [0.2, 0.25) is 0 Å². The van der Waals surface area contributed by atoms with Crippen LogP contribution >= 0.6 is 0 Å². The van der Waals surface area contributed by atoms with E-state index in [0.717, 1.165) is 22.4 Å².